The molecule has 0 saturated carbocycles. The number of aliphatic carboxylic acids is 1. The van der Waals surface area contributed by atoms with Gasteiger partial charge in [-0.05, 0) is 24.1 Å². The number of hydrogen-bond acceptors (Lipinski definition) is 5. The van der Waals surface area contributed by atoms with E-state index in [1.807, 2.05) is 20.8 Å². The molecule has 7 nitrogen and oxygen atoms in total. The van der Waals surface area contributed by atoms with Gasteiger partial charge in [-0.25, -0.2) is 9.18 Å². The second-order valence-electron chi connectivity index (χ2n) is 7.13. The van der Waals surface area contributed by atoms with E-state index in [0.717, 1.165) is 6.07 Å². The van der Waals surface area contributed by atoms with Crippen molar-refractivity contribution in [3.63, 3.8) is 0 Å². The van der Waals surface area contributed by atoms with Crippen LogP contribution in [0.15, 0.2) is 22.7 Å². The van der Waals surface area contributed by atoms with Crippen LogP contribution in [-0.2, 0) is 21.4 Å². The number of benzene rings is 1. The number of carboxylic acids is 1. The molecule has 0 aliphatic rings. The van der Waals surface area contributed by atoms with Crippen molar-refractivity contribution < 1.29 is 23.6 Å². The summed E-state index contributed by atoms with van der Waals surface area (Å²) < 4.78 is 18.7. The Labute approximate surface area is 160 Å². The molecule has 27 heavy (non-hydrogen) atoms. The standard InChI is InChI=1S/C18H21ClFN3O4/c1-18(2,3)17-22-14(27-23-17)6-4-5-13(24)21-15(16(25)26)10-7-8-11(19)12(20)9-10/h7-9,15H,4-6H2,1-3H3,(H,21,24)(H,25,26). The highest BCUT2D eigenvalue weighted by Crippen LogP contribution is 2.21. The van der Waals surface area contributed by atoms with Crippen LogP contribution in [0, 0.1) is 5.82 Å². The number of amides is 1. The molecule has 2 aromatic rings. The van der Waals surface area contributed by atoms with Gasteiger partial charge in [-0.2, -0.15) is 4.98 Å². The summed E-state index contributed by atoms with van der Waals surface area (Å²) in [6, 6.07) is 2.24. The predicted octanol–water partition coefficient (Wildman–Crippen LogP) is 3.42. The molecule has 0 aliphatic heterocycles. The van der Waals surface area contributed by atoms with Gasteiger partial charge >= 0.3 is 5.97 Å². The Bertz CT molecular complexity index is 832. The van der Waals surface area contributed by atoms with E-state index in [9.17, 15) is 19.1 Å². The van der Waals surface area contributed by atoms with Crippen molar-refractivity contribution >= 4 is 23.5 Å². The summed E-state index contributed by atoms with van der Waals surface area (Å²) in [5, 5.41) is 15.5. The molecule has 2 N–H and O–H groups in total. The Hall–Kier alpha value is -2.48. The summed E-state index contributed by atoms with van der Waals surface area (Å²) >= 11 is 5.60. The van der Waals surface area contributed by atoms with Crippen LogP contribution in [0.4, 0.5) is 4.39 Å². The number of carbonyl (C=O) groups is 2. The van der Waals surface area contributed by atoms with E-state index in [0.29, 0.717) is 24.6 Å². The summed E-state index contributed by atoms with van der Waals surface area (Å²) in [5.74, 6) is -1.52. The van der Waals surface area contributed by atoms with Crippen LogP contribution in [0.3, 0.4) is 0 Å². The van der Waals surface area contributed by atoms with Crippen molar-refractivity contribution in [3.05, 3.63) is 46.3 Å². The number of carbonyl (C=O) groups excluding carboxylic acids is 1. The highest BCUT2D eigenvalue weighted by molar-refractivity contribution is 6.30. The van der Waals surface area contributed by atoms with Gasteiger partial charge in [0, 0.05) is 18.3 Å². The van der Waals surface area contributed by atoms with Crippen LogP contribution < -0.4 is 5.32 Å². The minimum absolute atomic E-state index is 0.0626. The van der Waals surface area contributed by atoms with Gasteiger partial charge in [0.25, 0.3) is 0 Å². The number of carboxylic acid groups (broad SMARTS) is 1. The molecule has 9 heteroatoms. The van der Waals surface area contributed by atoms with Crippen molar-refractivity contribution in [3.8, 4) is 0 Å². The Morgan fingerprint density at radius 1 is 1.37 bits per heavy atom. The number of rotatable bonds is 7. The van der Waals surface area contributed by atoms with Crippen molar-refractivity contribution in [1.82, 2.24) is 15.5 Å². The number of aryl methyl sites for hydroxylation is 1. The first kappa shape index (κ1) is 20.8. The maximum absolute atomic E-state index is 13.6. The van der Waals surface area contributed by atoms with Crippen molar-refractivity contribution in [2.45, 2.75) is 51.5 Å². The minimum Gasteiger partial charge on any atom is -0.479 e. The molecule has 0 bridgehead atoms. The first-order chi connectivity index (χ1) is 12.6. The lowest BCUT2D eigenvalue weighted by molar-refractivity contribution is -0.142. The Kier molecular flexibility index (Phi) is 6.54. The molecular formula is C18H21ClFN3O4. The van der Waals surface area contributed by atoms with E-state index in [2.05, 4.69) is 15.5 Å². The largest absolute Gasteiger partial charge is 0.479 e. The van der Waals surface area contributed by atoms with Gasteiger partial charge in [-0.1, -0.05) is 43.6 Å². The van der Waals surface area contributed by atoms with Crippen LogP contribution >= 0.6 is 11.6 Å². The second kappa shape index (κ2) is 8.47. The smallest absolute Gasteiger partial charge is 0.330 e. The third kappa shape index (κ3) is 5.75. The fourth-order valence-corrected chi connectivity index (χ4v) is 2.39. The van der Waals surface area contributed by atoms with Crippen molar-refractivity contribution in [2.75, 3.05) is 0 Å². The number of aromatic nitrogens is 2. The average molecular weight is 398 g/mol. The maximum atomic E-state index is 13.6. The lowest BCUT2D eigenvalue weighted by atomic mass is 9.96. The molecule has 1 amide bonds. The molecule has 2 rings (SSSR count). The van der Waals surface area contributed by atoms with Crippen molar-refractivity contribution in [1.29, 1.82) is 0 Å². The van der Waals surface area contributed by atoms with Gasteiger partial charge in [0.2, 0.25) is 11.8 Å². The van der Waals surface area contributed by atoms with E-state index in [1.54, 1.807) is 0 Å². The third-order valence-electron chi connectivity index (χ3n) is 3.76. The fourth-order valence-electron chi connectivity index (χ4n) is 2.27. The maximum Gasteiger partial charge on any atom is 0.330 e. The Morgan fingerprint density at radius 2 is 2.07 bits per heavy atom. The van der Waals surface area contributed by atoms with Crippen LogP contribution in [0.25, 0.3) is 0 Å². The quantitative estimate of drug-likeness (QED) is 0.741. The monoisotopic (exact) mass is 397 g/mol. The van der Waals surface area contributed by atoms with Gasteiger partial charge < -0.3 is 14.9 Å². The lowest BCUT2D eigenvalue weighted by Crippen LogP contribution is -2.33. The SMILES string of the molecule is CC(C)(C)c1noc(CCCC(=O)NC(C(=O)O)c2ccc(Cl)c(F)c2)n1. The van der Waals surface area contributed by atoms with Crippen LogP contribution in [0.5, 0.6) is 0 Å². The van der Waals surface area contributed by atoms with Gasteiger partial charge in [0.15, 0.2) is 11.9 Å². The lowest BCUT2D eigenvalue weighted by Gasteiger charge is -2.15. The fraction of sp³-hybridized carbons (Fsp3) is 0.444. The molecular weight excluding hydrogens is 377 g/mol. The van der Waals surface area contributed by atoms with E-state index in [4.69, 9.17) is 16.1 Å². The van der Waals surface area contributed by atoms with Crippen LogP contribution in [0.2, 0.25) is 5.02 Å². The number of nitrogens with one attached hydrogen (secondary N) is 1. The van der Waals surface area contributed by atoms with E-state index < -0.39 is 23.7 Å². The highest BCUT2D eigenvalue weighted by atomic mass is 35.5. The topological polar surface area (TPSA) is 105 Å². The number of nitrogens with zero attached hydrogens (tertiary/aromatic N) is 2. The average Bonchev–Trinajstić information content (AvgIpc) is 3.04. The van der Waals surface area contributed by atoms with Crippen LogP contribution in [0.1, 0.15) is 56.9 Å². The summed E-state index contributed by atoms with van der Waals surface area (Å²) in [7, 11) is 0. The second-order valence-corrected chi connectivity index (χ2v) is 7.53. The van der Waals surface area contributed by atoms with E-state index in [-0.39, 0.29) is 22.4 Å². The molecule has 0 spiro atoms. The van der Waals surface area contributed by atoms with Crippen LogP contribution in [-0.4, -0.2) is 27.1 Å². The molecule has 0 aliphatic carbocycles. The summed E-state index contributed by atoms with van der Waals surface area (Å²) in [6.07, 6.45) is 0.857. The Balaban J connectivity index is 1.91. The van der Waals surface area contributed by atoms with E-state index in [1.165, 1.54) is 12.1 Å². The number of hydrogen-bond donors (Lipinski definition) is 2. The first-order valence-electron chi connectivity index (χ1n) is 8.38. The highest BCUT2D eigenvalue weighted by Gasteiger charge is 2.24. The predicted molar refractivity (Wildman–Crippen MR) is 95.9 cm³/mol. The molecule has 1 unspecified atom stereocenters. The molecule has 1 aromatic heterocycles. The molecule has 146 valence electrons. The Morgan fingerprint density at radius 3 is 2.63 bits per heavy atom. The number of halogens is 2. The first-order valence-corrected chi connectivity index (χ1v) is 8.76. The van der Waals surface area contributed by atoms with Gasteiger partial charge in [-0.15, -0.1) is 0 Å². The zero-order valence-corrected chi connectivity index (χ0v) is 16.0. The van der Waals surface area contributed by atoms with Gasteiger partial charge in [0.05, 0.1) is 5.02 Å². The molecule has 1 atom stereocenters. The normalized spacial score (nSPS) is 12.6. The zero-order chi connectivity index (χ0) is 20.2. The summed E-state index contributed by atoms with van der Waals surface area (Å²) in [6.45, 7) is 5.88. The molecule has 1 aromatic carbocycles. The minimum atomic E-state index is -1.36. The van der Waals surface area contributed by atoms with E-state index >= 15 is 0 Å². The molecule has 0 saturated heterocycles. The zero-order valence-electron chi connectivity index (χ0n) is 15.3. The molecule has 1 heterocycles. The van der Waals surface area contributed by atoms with Gasteiger partial charge in [0.1, 0.15) is 5.82 Å². The summed E-state index contributed by atoms with van der Waals surface area (Å²) in [4.78, 5) is 27.8. The molecule has 0 radical (unpaired) electrons. The third-order valence-corrected chi connectivity index (χ3v) is 4.07. The summed E-state index contributed by atoms with van der Waals surface area (Å²) in [5.41, 5.74) is -0.133. The van der Waals surface area contributed by atoms with Crippen molar-refractivity contribution in [2.24, 2.45) is 0 Å². The molecule has 0 fully saturated rings. The van der Waals surface area contributed by atoms with Gasteiger partial charge in [-0.3, -0.25) is 4.79 Å².